The lowest BCUT2D eigenvalue weighted by Crippen LogP contribution is -2.51. The van der Waals surface area contributed by atoms with Crippen LogP contribution in [0.15, 0.2) is 24.3 Å². The minimum atomic E-state index is 0.857. The molecule has 1 fully saturated rings. The summed E-state index contributed by atoms with van der Waals surface area (Å²) in [5, 5.41) is 5.04. The molecule has 1 saturated heterocycles. The second-order valence-corrected chi connectivity index (χ2v) is 5.88. The molecular formula is C15H22ClN3S. The monoisotopic (exact) mass is 311 g/mol. The van der Waals surface area contributed by atoms with Crippen molar-refractivity contribution in [3.63, 3.8) is 0 Å². The first kappa shape index (κ1) is 15.5. The summed E-state index contributed by atoms with van der Waals surface area (Å²) in [6, 6.07) is 8.07. The summed E-state index contributed by atoms with van der Waals surface area (Å²) in [4.78, 5) is 4.69. The normalized spacial score (nSPS) is 16.2. The van der Waals surface area contributed by atoms with Crippen LogP contribution in [0.25, 0.3) is 0 Å². The smallest absolute Gasteiger partial charge is 0.169 e. The summed E-state index contributed by atoms with van der Waals surface area (Å²) >= 11 is 11.6. The fourth-order valence-corrected chi connectivity index (χ4v) is 2.80. The van der Waals surface area contributed by atoms with Crippen LogP contribution in [0.4, 0.5) is 0 Å². The van der Waals surface area contributed by atoms with Crippen LogP contribution in [0.1, 0.15) is 18.9 Å². The molecule has 3 nitrogen and oxygen atoms in total. The van der Waals surface area contributed by atoms with Crippen molar-refractivity contribution >= 4 is 28.9 Å². The highest BCUT2D eigenvalue weighted by Gasteiger charge is 2.19. The maximum absolute atomic E-state index is 6.21. The van der Waals surface area contributed by atoms with E-state index in [2.05, 4.69) is 28.1 Å². The highest BCUT2D eigenvalue weighted by Crippen LogP contribution is 2.17. The summed E-state index contributed by atoms with van der Waals surface area (Å²) < 4.78 is 0. The number of benzene rings is 1. The molecule has 0 aromatic heterocycles. The van der Waals surface area contributed by atoms with Gasteiger partial charge in [0.2, 0.25) is 0 Å². The molecule has 0 unspecified atom stereocenters. The number of rotatable bonds is 4. The van der Waals surface area contributed by atoms with Gasteiger partial charge < -0.3 is 10.2 Å². The van der Waals surface area contributed by atoms with Crippen molar-refractivity contribution in [1.29, 1.82) is 0 Å². The van der Waals surface area contributed by atoms with Crippen molar-refractivity contribution in [3.8, 4) is 0 Å². The zero-order chi connectivity index (χ0) is 14.4. The van der Waals surface area contributed by atoms with Gasteiger partial charge in [0.1, 0.15) is 0 Å². The van der Waals surface area contributed by atoms with Crippen LogP contribution in [0.2, 0.25) is 5.02 Å². The van der Waals surface area contributed by atoms with Crippen molar-refractivity contribution in [1.82, 2.24) is 15.1 Å². The van der Waals surface area contributed by atoms with Crippen molar-refractivity contribution in [2.24, 2.45) is 0 Å². The molecule has 1 aromatic rings. The minimum absolute atomic E-state index is 0.857. The molecule has 20 heavy (non-hydrogen) atoms. The van der Waals surface area contributed by atoms with Gasteiger partial charge in [0.05, 0.1) is 0 Å². The number of piperazine rings is 1. The van der Waals surface area contributed by atoms with Gasteiger partial charge in [-0.25, -0.2) is 0 Å². The molecule has 1 aromatic carbocycles. The molecule has 2 rings (SSSR count). The van der Waals surface area contributed by atoms with E-state index >= 15 is 0 Å². The van der Waals surface area contributed by atoms with E-state index in [1.54, 1.807) is 0 Å². The zero-order valence-electron chi connectivity index (χ0n) is 11.9. The zero-order valence-corrected chi connectivity index (χ0v) is 13.5. The molecule has 0 spiro atoms. The van der Waals surface area contributed by atoms with E-state index in [-0.39, 0.29) is 0 Å². The van der Waals surface area contributed by atoms with E-state index in [1.807, 2.05) is 18.2 Å². The van der Waals surface area contributed by atoms with Crippen LogP contribution in [0, 0.1) is 0 Å². The number of nitrogens with one attached hydrogen (secondary N) is 1. The van der Waals surface area contributed by atoms with Gasteiger partial charge in [-0.2, -0.15) is 0 Å². The number of hydrogen-bond donors (Lipinski definition) is 1. The highest BCUT2D eigenvalue weighted by molar-refractivity contribution is 7.80. The maximum Gasteiger partial charge on any atom is 0.169 e. The number of thiocarbonyl (C=S) groups is 1. The van der Waals surface area contributed by atoms with Gasteiger partial charge in [-0.3, -0.25) is 4.90 Å². The van der Waals surface area contributed by atoms with Crippen LogP contribution in [-0.4, -0.2) is 47.6 Å². The molecule has 1 N–H and O–H groups in total. The van der Waals surface area contributed by atoms with E-state index in [0.29, 0.717) is 0 Å². The Hall–Kier alpha value is -0.840. The third kappa shape index (κ3) is 4.33. The van der Waals surface area contributed by atoms with Crippen molar-refractivity contribution in [2.45, 2.75) is 19.9 Å². The van der Waals surface area contributed by atoms with Crippen LogP contribution < -0.4 is 5.32 Å². The predicted octanol–water partition coefficient (Wildman–Crippen LogP) is 2.74. The maximum atomic E-state index is 6.21. The lowest BCUT2D eigenvalue weighted by atomic mass is 10.2. The van der Waals surface area contributed by atoms with Gasteiger partial charge in [-0.15, -0.1) is 0 Å². The molecule has 0 radical (unpaired) electrons. The Morgan fingerprint density at radius 2 is 1.95 bits per heavy atom. The van der Waals surface area contributed by atoms with Gasteiger partial charge in [0, 0.05) is 44.3 Å². The lowest BCUT2D eigenvalue weighted by molar-refractivity contribution is 0.174. The van der Waals surface area contributed by atoms with E-state index in [1.165, 1.54) is 5.56 Å². The first-order chi connectivity index (χ1) is 9.70. The third-order valence-corrected chi connectivity index (χ3v) is 4.31. The van der Waals surface area contributed by atoms with Crippen LogP contribution >= 0.6 is 23.8 Å². The quantitative estimate of drug-likeness (QED) is 0.862. The first-order valence-electron chi connectivity index (χ1n) is 7.19. The van der Waals surface area contributed by atoms with Gasteiger partial charge in [-0.05, 0) is 30.3 Å². The molecular weight excluding hydrogens is 290 g/mol. The molecule has 0 amide bonds. The summed E-state index contributed by atoms with van der Waals surface area (Å²) in [5.41, 5.74) is 1.20. The average Bonchev–Trinajstić information content (AvgIpc) is 2.48. The molecule has 0 atom stereocenters. The van der Waals surface area contributed by atoms with Gasteiger partial charge in [0.15, 0.2) is 5.11 Å². The van der Waals surface area contributed by atoms with E-state index < -0.39 is 0 Å². The second-order valence-electron chi connectivity index (χ2n) is 5.09. The summed E-state index contributed by atoms with van der Waals surface area (Å²) in [5.74, 6) is 0. The molecule has 1 aliphatic rings. The Balaban J connectivity index is 1.80. The molecule has 110 valence electrons. The highest BCUT2D eigenvalue weighted by atomic mass is 35.5. The van der Waals surface area contributed by atoms with E-state index in [4.69, 9.17) is 23.8 Å². The SMILES string of the molecule is CCCNC(=S)N1CCN(Cc2ccccc2Cl)CC1. The molecule has 0 bridgehead atoms. The Morgan fingerprint density at radius 3 is 2.60 bits per heavy atom. The molecule has 1 heterocycles. The molecule has 1 aliphatic heterocycles. The topological polar surface area (TPSA) is 18.5 Å². The minimum Gasteiger partial charge on any atom is -0.363 e. The third-order valence-electron chi connectivity index (χ3n) is 3.54. The fraction of sp³-hybridized carbons (Fsp3) is 0.533. The van der Waals surface area contributed by atoms with E-state index in [0.717, 1.165) is 55.8 Å². The van der Waals surface area contributed by atoms with Gasteiger partial charge in [0.25, 0.3) is 0 Å². The largest absolute Gasteiger partial charge is 0.363 e. The Labute approximate surface area is 131 Å². The summed E-state index contributed by atoms with van der Waals surface area (Å²) in [6.07, 6.45) is 1.10. The summed E-state index contributed by atoms with van der Waals surface area (Å²) in [7, 11) is 0. The first-order valence-corrected chi connectivity index (χ1v) is 7.98. The Morgan fingerprint density at radius 1 is 1.25 bits per heavy atom. The number of hydrogen-bond acceptors (Lipinski definition) is 2. The fourth-order valence-electron chi connectivity index (χ4n) is 2.32. The van der Waals surface area contributed by atoms with Gasteiger partial charge >= 0.3 is 0 Å². The predicted molar refractivity (Wildman–Crippen MR) is 89.2 cm³/mol. The van der Waals surface area contributed by atoms with Crippen LogP contribution in [-0.2, 0) is 6.54 Å². The molecule has 0 saturated carbocycles. The second kappa shape index (κ2) is 7.81. The van der Waals surface area contributed by atoms with Crippen molar-refractivity contribution in [2.75, 3.05) is 32.7 Å². The molecule has 5 heteroatoms. The number of halogens is 1. The van der Waals surface area contributed by atoms with E-state index in [9.17, 15) is 0 Å². The number of nitrogens with zero attached hydrogens (tertiary/aromatic N) is 2. The van der Waals surface area contributed by atoms with Crippen molar-refractivity contribution in [3.05, 3.63) is 34.9 Å². The van der Waals surface area contributed by atoms with Crippen LogP contribution in [0.3, 0.4) is 0 Å². The molecule has 0 aliphatic carbocycles. The van der Waals surface area contributed by atoms with Crippen LogP contribution in [0.5, 0.6) is 0 Å². The standard InChI is InChI=1S/C15H22ClN3S/c1-2-7-17-15(20)19-10-8-18(9-11-19)12-13-5-3-4-6-14(13)16/h3-6H,2,7-12H2,1H3,(H,17,20). The lowest BCUT2D eigenvalue weighted by Gasteiger charge is -2.36. The Kier molecular flexibility index (Phi) is 6.07. The van der Waals surface area contributed by atoms with Crippen molar-refractivity contribution < 1.29 is 0 Å². The average molecular weight is 312 g/mol. The van der Waals surface area contributed by atoms with Gasteiger partial charge in [-0.1, -0.05) is 36.7 Å². The summed E-state index contributed by atoms with van der Waals surface area (Å²) in [6.45, 7) is 8.05. The Bertz CT molecular complexity index is 444.